The Labute approximate surface area is 282 Å². The number of benzene rings is 4. The van der Waals surface area contributed by atoms with E-state index in [1.807, 2.05) is 36.4 Å². The van der Waals surface area contributed by atoms with Gasteiger partial charge in [-0.25, -0.2) is 0 Å². The van der Waals surface area contributed by atoms with E-state index < -0.39 is 5.60 Å². The molecule has 4 aromatic rings. The Morgan fingerprint density at radius 3 is 1.34 bits per heavy atom. The number of fused-ring (bicyclic) bond motifs is 4. The summed E-state index contributed by atoms with van der Waals surface area (Å²) < 4.78 is 11.8. The Morgan fingerprint density at radius 1 is 0.489 bits per heavy atom. The molecule has 3 heteroatoms. The largest absolute Gasteiger partial charge is 0.489 e. The summed E-state index contributed by atoms with van der Waals surface area (Å²) in [4.78, 5) is 0. The number of hydrogen-bond acceptors (Lipinski definition) is 3. The maximum Gasteiger partial charge on any atom is 0.119 e. The Bertz CT molecular complexity index is 1470. The van der Waals surface area contributed by atoms with Crippen molar-refractivity contribution >= 4 is 0 Å². The molecule has 4 bridgehead atoms. The maximum atomic E-state index is 11.5. The lowest BCUT2D eigenvalue weighted by molar-refractivity contribution is -0.126. The molecule has 0 aromatic heterocycles. The Balaban J connectivity index is 0.000000150. The molecule has 4 saturated carbocycles. The molecular weight excluding hydrogens is 576 g/mol. The smallest absolute Gasteiger partial charge is 0.119 e. The van der Waals surface area contributed by atoms with Gasteiger partial charge < -0.3 is 14.6 Å². The highest BCUT2D eigenvalue weighted by atomic mass is 16.5. The van der Waals surface area contributed by atoms with E-state index in [4.69, 9.17) is 9.47 Å². The van der Waals surface area contributed by atoms with Crippen LogP contribution >= 0.6 is 0 Å². The van der Waals surface area contributed by atoms with Gasteiger partial charge in [-0.05, 0) is 127 Å². The highest BCUT2D eigenvalue weighted by molar-refractivity contribution is 5.34. The van der Waals surface area contributed by atoms with Gasteiger partial charge in [-0.3, -0.25) is 0 Å². The fourth-order valence-corrected chi connectivity index (χ4v) is 9.50. The molecule has 4 aliphatic carbocycles. The van der Waals surface area contributed by atoms with Gasteiger partial charge in [0, 0.05) is 0 Å². The van der Waals surface area contributed by atoms with E-state index in [2.05, 4.69) is 72.8 Å². The van der Waals surface area contributed by atoms with Crippen molar-refractivity contribution in [3.8, 4) is 11.5 Å². The molecule has 47 heavy (non-hydrogen) atoms. The highest BCUT2D eigenvalue weighted by Gasteiger charge is 2.49. The average Bonchev–Trinajstić information content (AvgIpc) is 3.11. The summed E-state index contributed by atoms with van der Waals surface area (Å²) in [6, 6.07) is 37.8. The van der Waals surface area contributed by atoms with Gasteiger partial charge in [-0.2, -0.15) is 0 Å². The molecule has 0 spiro atoms. The van der Waals surface area contributed by atoms with Gasteiger partial charge in [-0.15, -0.1) is 0 Å². The van der Waals surface area contributed by atoms with Crippen molar-refractivity contribution in [2.45, 2.75) is 102 Å². The van der Waals surface area contributed by atoms with Crippen LogP contribution in [-0.4, -0.2) is 5.11 Å². The first-order valence-corrected chi connectivity index (χ1v) is 18.4. The summed E-state index contributed by atoms with van der Waals surface area (Å²) in [5.41, 5.74) is 4.41. The zero-order valence-electron chi connectivity index (χ0n) is 27.9. The molecular formula is C44H52O3. The lowest BCUT2D eigenvalue weighted by atomic mass is 9.59. The SMILES string of the molecule is OC1(c2ccc(OCc3ccccc3)cc2)C2CCCC1CCC2.c1ccc(COc2ccc(C3C4CCCC3CCC4)cc2)cc1. The predicted octanol–water partition coefficient (Wildman–Crippen LogP) is 11.0. The fourth-order valence-electron chi connectivity index (χ4n) is 9.50. The quantitative estimate of drug-likeness (QED) is 0.211. The zero-order chi connectivity index (χ0) is 31.9. The van der Waals surface area contributed by atoms with E-state index in [1.54, 1.807) is 5.56 Å². The molecule has 0 amide bonds. The van der Waals surface area contributed by atoms with Crippen LogP contribution in [0.15, 0.2) is 109 Å². The molecule has 1 N–H and O–H groups in total. The molecule has 8 rings (SSSR count). The fraction of sp³-hybridized carbons (Fsp3) is 0.455. The van der Waals surface area contributed by atoms with Gasteiger partial charge in [-0.1, -0.05) is 111 Å². The molecule has 3 nitrogen and oxygen atoms in total. The van der Waals surface area contributed by atoms with Gasteiger partial charge >= 0.3 is 0 Å². The van der Waals surface area contributed by atoms with E-state index in [0.717, 1.165) is 34.8 Å². The minimum absolute atomic E-state index is 0.432. The minimum atomic E-state index is -0.617. The van der Waals surface area contributed by atoms with Gasteiger partial charge in [0.05, 0.1) is 5.60 Å². The number of hydrogen-bond donors (Lipinski definition) is 1. The van der Waals surface area contributed by atoms with Crippen molar-refractivity contribution in [3.63, 3.8) is 0 Å². The van der Waals surface area contributed by atoms with Gasteiger partial charge in [0.15, 0.2) is 0 Å². The lowest BCUT2D eigenvalue weighted by Gasteiger charge is -2.50. The molecule has 4 aliphatic rings. The van der Waals surface area contributed by atoms with Crippen molar-refractivity contribution < 1.29 is 14.6 Å². The number of aliphatic hydroxyl groups is 1. The lowest BCUT2D eigenvalue weighted by Crippen LogP contribution is -2.47. The third kappa shape index (κ3) is 7.46. The Morgan fingerprint density at radius 2 is 0.894 bits per heavy atom. The van der Waals surface area contributed by atoms with Crippen molar-refractivity contribution in [1.29, 1.82) is 0 Å². The second kappa shape index (κ2) is 15.1. The molecule has 0 atom stereocenters. The van der Waals surface area contributed by atoms with Crippen LogP contribution in [0, 0.1) is 23.7 Å². The standard InChI is InChI=1S/C22H26O2.C22H26O/c23-22(18-8-4-9-19(22)11-5-10-18)20-12-14-21(15-13-20)24-16-17-6-2-1-3-7-17;1-2-6-17(7-3-1)16-23-21-14-12-20(13-15-21)22-18-8-4-9-19(22)11-5-10-18/h1-3,6-7,12-15,18-19,23H,4-5,8-11,16H2;1-3,6-7,12-15,18-19,22H,4-5,8-11,16H2. The van der Waals surface area contributed by atoms with Gasteiger partial charge in [0.25, 0.3) is 0 Å². The second-order valence-corrected chi connectivity index (χ2v) is 14.6. The molecule has 4 aromatic carbocycles. The van der Waals surface area contributed by atoms with Gasteiger partial charge in [0.1, 0.15) is 24.7 Å². The van der Waals surface area contributed by atoms with Crippen LogP contribution in [0.25, 0.3) is 0 Å². The molecule has 0 saturated heterocycles. The first-order chi connectivity index (χ1) is 23.2. The maximum absolute atomic E-state index is 11.5. The third-order valence-electron chi connectivity index (χ3n) is 11.8. The van der Waals surface area contributed by atoms with Crippen LogP contribution in [0.5, 0.6) is 11.5 Å². The normalized spacial score (nSPS) is 28.0. The molecule has 0 heterocycles. The van der Waals surface area contributed by atoms with E-state index in [0.29, 0.717) is 25.0 Å². The second-order valence-electron chi connectivity index (χ2n) is 14.6. The summed E-state index contributed by atoms with van der Waals surface area (Å²) in [5.74, 6) is 5.38. The first-order valence-electron chi connectivity index (χ1n) is 18.4. The highest BCUT2D eigenvalue weighted by Crippen LogP contribution is 2.53. The van der Waals surface area contributed by atoms with Gasteiger partial charge in [0.2, 0.25) is 0 Å². The summed E-state index contributed by atoms with van der Waals surface area (Å²) in [7, 11) is 0. The van der Waals surface area contributed by atoms with E-state index in [1.165, 1.54) is 88.2 Å². The summed E-state index contributed by atoms with van der Waals surface area (Å²) in [6.45, 7) is 1.23. The predicted molar refractivity (Wildman–Crippen MR) is 190 cm³/mol. The van der Waals surface area contributed by atoms with Crippen molar-refractivity contribution in [2.75, 3.05) is 0 Å². The van der Waals surface area contributed by atoms with Crippen LogP contribution in [0.1, 0.15) is 105 Å². The number of rotatable bonds is 8. The van der Waals surface area contributed by atoms with Crippen LogP contribution < -0.4 is 9.47 Å². The molecule has 0 aliphatic heterocycles. The molecule has 0 unspecified atom stereocenters. The van der Waals surface area contributed by atoms with Crippen LogP contribution in [0.3, 0.4) is 0 Å². The Hall–Kier alpha value is -3.56. The van der Waals surface area contributed by atoms with E-state index in [9.17, 15) is 5.11 Å². The minimum Gasteiger partial charge on any atom is -0.489 e. The zero-order valence-corrected chi connectivity index (χ0v) is 27.9. The van der Waals surface area contributed by atoms with E-state index >= 15 is 0 Å². The third-order valence-corrected chi connectivity index (χ3v) is 11.8. The molecule has 246 valence electrons. The summed E-state index contributed by atoms with van der Waals surface area (Å²) in [5, 5.41) is 11.5. The van der Waals surface area contributed by atoms with Crippen molar-refractivity contribution in [3.05, 3.63) is 131 Å². The first kappa shape index (κ1) is 32.0. The molecule has 0 radical (unpaired) electrons. The average molecular weight is 629 g/mol. The number of ether oxygens (including phenoxy) is 2. The van der Waals surface area contributed by atoms with Crippen LogP contribution in [-0.2, 0) is 18.8 Å². The van der Waals surface area contributed by atoms with Crippen molar-refractivity contribution in [2.24, 2.45) is 23.7 Å². The monoisotopic (exact) mass is 628 g/mol. The van der Waals surface area contributed by atoms with E-state index in [-0.39, 0.29) is 0 Å². The summed E-state index contributed by atoms with van der Waals surface area (Å²) >= 11 is 0. The van der Waals surface area contributed by atoms with Crippen LogP contribution in [0.4, 0.5) is 0 Å². The van der Waals surface area contributed by atoms with Crippen LogP contribution in [0.2, 0.25) is 0 Å². The molecule has 4 fully saturated rings. The topological polar surface area (TPSA) is 38.7 Å². The summed E-state index contributed by atoms with van der Waals surface area (Å²) in [6.07, 6.45) is 15.9. The van der Waals surface area contributed by atoms with Crippen molar-refractivity contribution in [1.82, 2.24) is 0 Å². The Kier molecular flexibility index (Phi) is 10.3.